The minimum Gasteiger partial charge on any atom is -0.457 e. The molecule has 2 rings (SSSR count). The third kappa shape index (κ3) is 2.96. The highest BCUT2D eigenvalue weighted by atomic mass is 16.5. The predicted molar refractivity (Wildman–Crippen MR) is 76.0 cm³/mol. The van der Waals surface area contributed by atoms with Crippen LogP contribution in [0.2, 0.25) is 0 Å². The van der Waals surface area contributed by atoms with Gasteiger partial charge in [-0.25, -0.2) is 0 Å². The van der Waals surface area contributed by atoms with Gasteiger partial charge in [0.15, 0.2) is 0 Å². The molecular formula is C17H16O2. The molecule has 0 saturated heterocycles. The van der Waals surface area contributed by atoms with Crippen LogP contribution in [0.4, 0.5) is 0 Å². The Morgan fingerprint density at radius 2 is 1.63 bits per heavy atom. The van der Waals surface area contributed by atoms with Crippen LogP contribution in [0.3, 0.4) is 0 Å². The highest BCUT2D eigenvalue weighted by Gasteiger charge is 2.23. The second-order valence-electron chi connectivity index (χ2n) is 4.30. The highest BCUT2D eigenvalue weighted by molar-refractivity contribution is 5.37. The Kier molecular flexibility index (Phi) is 3.89. The summed E-state index contributed by atoms with van der Waals surface area (Å²) in [7, 11) is 0. The van der Waals surface area contributed by atoms with Gasteiger partial charge in [0.2, 0.25) is 0 Å². The first-order valence-corrected chi connectivity index (χ1v) is 6.21. The number of benzene rings is 2. The summed E-state index contributed by atoms with van der Waals surface area (Å²) in [5, 5.41) is 10.2. The SMILES string of the molecule is C#CC(O)(CC)c1ccc(Oc2ccccc2)cc1. The van der Waals surface area contributed by atoms with Crippen LogP contribution in [0.15, 0.2) is 54.6 Å². The highest BCUT2D eigenvalue weighted by Crippen LogP contribution is 2.27. The average molecular weight is 252 g/mol. The van der Waals surface area contributed by atoms with E-state index in [1.165, 1.54) is 0 Å². The Hall–Kier alpha value is -2.24. The van der Waals surface area contributed by atoms with Crippen LogP contribution in [-0.4, -0.2) is 5.11 Å². The maximum Gasteiger partial charge on any atom is 0.150 e. The van der Waals surface area contributed by atoms with Crippen molar-refractivity contribution in [2.45, 2.75) is 18.9 Å². The van der Waals surface area contributed by atoms with E-state index in [0.29, 0.717) is 17.7 Å². The predicted octanol–water partition coefficient (Wildman–Crippen LogP) is 3.71. The first-order valence-electron chi connectivity index (χ1n) is 6.21. The molecule has 0 spiro atoms. The Bertz CT molecular complexity index is 566. The van der Waals surface area contributed by atoms with Crippen LogP contribution in [0.5, 0.6) is 11.5 Å². The molecule has 0 heterocycles. The monoisotopic (exact) mass is 252 g/mol. The molecule has 1 atom stereocenters. The molecule has 0 aliphatic rings. The lowest BCUT2D eigenvalue weighted by Gasteiger charge is -2.20. The molecule has 2 nitrogen and oxygen atoms in total. The molecule has 0 aromatic heterocycles. The Morgan fingerprint density at radius 1 is 1.05 bits per heavy atom. The topological polar surface area (TPSA) is 29.5 Å². The summed E-state index contributed by atoms with van der Waals surface area (Å²) in [6.45, 7) is 1.86. The maximum atomic E-state index is 10.2. The largest absolute Gasteiger partial charge is 0.457 e. The molecule has 0 aliphatic heterocycles. The number of para-hydroxylation sites is 1. The van der Waals surface area contributed by atoms with E-state index < -0.39 is 5.60 Å². The standard InChI is InChI=1S/C17H16O2/c1-3-17(18,4-2)14-10-12-16(13-11-14)19-15-8-6-5-7-9-15/h1,5-13,18H,4H2,2H3. The molecule has 1 N–H and O–H groups in total. The number of aliphatic hydroxyl groups is 1. The first kappa shape index (κ1) is 13.2. The molecule has 0 radical (unpaired) electrons. The first-order chi connectivity index (χ1) is 9.18. The molecule has 0 saturated carbocycles. The van der Waals surface area contributed by atoms with E-state index in [9.17, 15) is 5.11 Å². The van der Waals surface area contributed by atoms with Gasteiger partial charge in [-0.1, -0.05) is 43.2 Å². The minimum absolute atomic E-state index is 0.475. The second-order valence-corrected chi connectivity index (χ2v) is 4.30. The average Bonchev–Trinajstić information content (AvgIpc) is 2.48. The summed E-state index contributed by atoms with van der Waals surface area (Å²) in [5.41, 5.74) is -0.497. The van der Waals surface area contributed by atoms with Gasteiger partial charge in [-0.2, -0.15) is 0 Å². The van der Waals surface area contributed by atoms with E-state index in [1.807, 2.05) is 37.3 Å². The number of hydrogen-bond acceptors (Lipinski definition) is 2. The van der Waals surface area contributed by atoms with Gasteiger partial charge in [0.25, 0.3) is 0 Å². The molecule has 0 amide bonds. The van der Waals surface area contributed by atoms with Crippen molar-refractivity contribution in [1.82, 2.24) is 0 Å². The van der Waals surface area contributed by atoms with Gasteiger partial charge < -0.3 is 9.84 Å². The van der Waals surface area contributed by atoms with Gasteiger partial charge in [-0.3, -0.25) is 0 Å². The van der Waals surface area contributed by atoms with Gasteiger partial charge >= 0.3 is 0 Å². The molecule has 96 valence electrons. The fourth-order valence-corrected chi connectivity index (χ4v) is 1.81. The summed E-state index contributed by atoms with van der Waals surface area (Å²) >= 11 is 0. The van der Waals surface area contributed by atoms with Crippen LogP contribution in [0, 0.1) is 12.3 Å². The minimum atomic E-state index is -1.20. The molecule has 0 aliphatic carbocycles. The lowest BCUT2D eigenvalue weighted by atomic mass is 9.92. The molecule has 19 heavy (non-hydrogen) atoms. The van der Waals surface area contributed by atoms with Crippen molar-refractivity contribution in [3.8, 4) is 23.8 Å². The lowest BCUT2D eigenvalue weighted by Crippen LogP contribution is -2.21. The zero-order valence-electron chi connectivity index (χ0n) is 10.8. The van der Waals surface area contributed by atoms with Crippen LogP contribution >= 0.6 is 0 Å². The summed E-state index contributed by atoms with van der Waals surface area (Å²) in [5.74, 6) is 3.92. The normalized spacial score (nSPS) is 13.3. The third-order valence-electron chi connectivity index (χ3n) is 3.06. The molecule has 1 unspecified atom stereocenters. The molecule has 2 aromatic rings. The van der Waals surface area contributed by atoms with Crippen molar-refractivity contribution in [1.29, 1.82) is 0 Å². The summed E-state index contributed by atoms with van der Waals surface area (Å²) in [4.78, 5) is 0. The Labute approximate surface area is 113 Å². The molecule has 0 bridgehead atoms. The van der Waals surface area contributed by atoms with E-state index in [0.717, 1.165) is 5.75 Å². The van der Waals surface area contributed by atoms with Crippen LogP contribution in [0.1, 0.15) is 18.9 Å². The number of hydrogen-bond donors (Lipinski definition) is 1. The zero-order chi connectivity index (χ0) is 13.7. The quantitative estimate of drug-likeness (QED) is 0.840. The molecular weight excluding hydrogens is 236 g/mol. The van der Waals surface area contributed by atoms with Gasteiger partial charge in [0.1, 0.15) is 17.1 Å². The third-order valence-corrected chi connectivity index (χ3v) is 3.06. The van der Waals surface area contributed by atoms with Gasteiger partial charge in [0.05, 0.1) is 0 Å². The van der Waals surface area contributed by atoms with Crippen molar-refractivity contribution in [3.63, 3.8) is 0 Å². The lowest BCUT2D eigenvalue weighted by molar-refractivity contribution is 0.0961. The van der Waals surface area contributed by atoms with Crippen molar-refractivity contribution in [2.75, 3.05) is 0 Å². The summed E-state index contributed by atoms with van der Waals surface area (Å²) in [6.07, 6.45) is 5.85. The zero-order valence-corrected chi connectivity index (χ0v) is 10.8. The van der Waals surface area contributed by atoms with E-state index >= 15 is 0 Å². The molecule has 2 aromatic carbocycles. The van der Waals surface area contributed by atoms with E-state index in [-0.39, 0.29) is 0 Å². The number of terminal acetylenes is 1. The van der Waals surface area contributed by atoms with E-state index in [1.54, 1.807) is 24.3 Å². The second kappa shape index (κ2) is 5.60. The van der Waals surface area contributed by atoms with E-state index in [4.69, 9.17) is 11.2 Å². The fraction of sp³-hybridized carbons (Fsp3) is 0.176. The fourth-order valence-electron chi connectivity index (χ4n) is 1.81. The number of ether oxygens (including phenoxy) is 1. The maximum absolute atomic E-state index is 10.2. The smallest absolute Gasteiger partial charge is 0.150 e. The summed E-state index contributed by atoms with van der Waals surface area (Å²) < 4.78 is 5.68. The van der Waals surface area contributed by atoms with Gasteiger partial charge in [-0.15, -0.1) is 6.42 Å². The van der Waals surface area contributed by atoms with Crippen molar-refractivity contribution >= 4 is 0 Å². The van der Waals surface area contributed by atoms with Gasteiger partial charge in [0, 0.05) is 0 Å². The van der Waals surface area contributed by atoms with Crippen molar-refractivity contribution in [2.24, 2.45) is 0 Å². The molecule has 0 fully saturated rings. The van der Waals surface area contributed by atoms with Gasteiger partial charge in [-0.05, 0) is 36.2 Å². The van der Waals surface area contributed by atoms with Crippen molar-refractivity contribution in [3.05, 3.63) is 60.2 Å². The van der Waals surface area contributed by atoms with Crippen molar-refractivity contribution < 1.29 is 9.84 Å². The van der Waals surface area contributed by atoms with Crippen LogP contribution < -0.4 is 4.74 Å². The Balaban J connectivity index is 2.18. The van der Waals surface area contributed by atoms with Crippen LogP contribution in [-0.2, 0) is 5.60 Å². The van der Waals surface area contributed by atoms with Crippen LogP contribution in [0.25, 0.3) is 0 Å². The van der Waals surface area contributed by atoms with E-state index in [2.05, 4.69) is 5.92 Å². The Morgan fingerprint density at radius 3 is 2.16 bits per heavy atom. The molecule has 2 heteroatoms. The number of rotatable bonds is 4. The summed E-state index contributed by atoms with van der Waals surface area (Å²) in [6, 6.07) is 16.7.